The van der Waals surface area contributed by atoms with E-state index < -0.39 is 0 Å². The molecule has 120 valence electrons. The van der Waals surface area contributed by atoms with Gasteiger partial charge in [0.15, 0.2) is 0 Å². The zero-order chi connectivity index (χ0) is 16.3. The zero-order valence-electron chi connectivity index (χ0n) is 13.9. The maximum atomic E-state index is 11.9. The highest BCUT2D eigenvalue weighted by atomic mass is 32.2. The summed E-state index contributed by atoms with van der Waals surface area (Å²) in [6.07, 6.45) is 0.297. The molecular formula is C17H24N2O2S. The molecule has 1 aliphatic rings. The van der Waals surface area contributed by atoms with Crippen molar-refractivity contribution >= 4 is 23.4 Å². The van der Waals surface area contributed by atoms with Crippen LogP contribution in [0.2, 0.25) is 0 Å². The molecule has 1 atom stereocenters. The summed E-state index contributed by atoms with van der Waals surface area (Å²) in [6, 6.07) is 4.36. The number of benzene rings is 1. The van der Waals surface area contributed by atoms with E-state index >= 15 is 0 Å². The first-order valence-electron chi connectivity index (χ1n) is 7.52. The number of anilines is 1. The molecule has 0 aromatic heterocycles. The van der Waals surface area contributed by atoms with Crippen LogP contribution in [0.3, 0.4) is 0 Å². The number of carbonyl (C=O) groups excluding carboxylic acids is 1. The van der Waals surface area contributed by atoms with Gasteiger partial charge in [0.25, 0.3) is 0 Å². The van der Waals surface area contributed by atoms with Crippen molar-refractivity contribution in [2.45, 2.75) is 39.6 Å². The second-order valence-corrected chi connectivity index (χ2v) is 6.44. The van der Waals surface area contributed by atoms with Crippen molar-refractivity contribution in [3.8, 4) is 0 Å². The van der Waals surface area contributed by atoms with E-state index in [0.717, 1.165) is 5.70 Å². The number of nitrogens with zero attached hydrogens (tertiary/aromatic N) is 1. The van der Waals surface area contributed by atoms with Gasteiger partial charge in [0.2, 0.25) is 0 Å². The molecule has 0 bridgehead atoms. The van der Waals surface area contributed by atoms with Crippen molar-refractivity contribution in [1.82, 2.24) is 5.32 Å². The van der Waals surface area contributed by atoms with Crippen LogP contribution in [0, 0.1) is 20.8 Å². The van der Waals surface area contributed by atoms with Crippen molar-refractivity contribution in [3.05, 3.63) is 39.9 Å². The minimum absolute atomic E-state index is 0.101. The van der Waals surface area contributed by atoms with Gasteiger partial charge >= 0.3 is 5.97 Å². The molecule has 1 heterocycles. The Balaban J connectivity index is 2.36. The summed E-state index contributed by atoms with van der Waals surface area (Å²) in [5, 5.41) is 5.35. The molecule has 5 heteroatoms. The van der Waals surface area contributed by atoms with Crippen molar-refractivity contribution in [2.24, 2.45) is 0 Å². The molecular weight excluding hydrogens is 296 g/mol. The maximum Gasteiger partial charge on any atom is 0.311 e. The van der Waals surface area contributed by atoms with Crippen LogP contribution in [-0.2, 0) is 9.53 Å². The van der Waals surface area contributed by atoms with Gasteiger partial charge in [-0.25, -0.2) is 0 Å². The van der Waals surface area contributed by atoms with Crippen molar-refractivity contribution in [2.75, 3.05) is 18.6 Å². The normalized spacial score (nSPS) is 17.6. The van der Waals surface area contributed by atoms with Gasteiger partial charge in [-0.2, -0.15) is 0 Å². The lowest BCUT2D eigenvalue weighted by Crippen LogP contribution is -2.39. The van der Waals surface area contributed by atoms with Gasteiger partial charge in [-0.15, -0.1) is 0 Å². The molecule has 0 amide bonds. The van der Waals surface area contributed by atoms with Gasteiger partial charge in [-0.3, -0.25) is 10.1 Å². The first-order chi connectivity index (χ1) is 10.5. The Labute approximate surface area is 136 Å². The van der Waals surface area contributed by atoms with Crippen LogP contribution < -0.4 is 10.2 Å². The number of thioether (sulfide) groups is 1. The first kappa shape index (κ1) is 16.9. The van der Waals surface area contributed by atoms with E-state index in [4.69, 9.17) is 4.74 Å². The van der Waals surface area contributed by atoms with Crippen LogP contribution in [0.1, 0.15) is 30.0 Å². The van der Waals surface area contributed by atoms with Crippen LogP contribution in [0.5, 0.6) is 0 Å². The molecule has 1 aliphatic heterocycles. The van der Waals surface area contributed by atoms with Gasteiger partial charge in [0, 0.05) is 11.4 Å². The molecule has 0 saturated carbocycles. The molecule has 1 aromatic carbocycles. The van der Waals surface area contributed by atoms with Crippen molar-refractivity contribution < 1.29 is 9.53 Å². The third-order valence-corrected chi connectivity index (χ3v) is 4.74. The monoisotopic (exact) mass is 320 g/mol. The first-order valence-corrected chi connectivity index (χ1v) is 8.46. The third kappa shape index (κ3) is 3.47. The number of aryl methyl sites for hydroxylation is 3. The number of carbonyl (C=O) groups is 1. The SMILES string of the molecule is CCOC(=O)CC1=CS[C@H](NC)N1c1c(C)cc(C)cc1C. The lowest BCUT2D eigenvalue weighted by molar-refractivity contribution is -0.142. The minimum Gasteiger partial charge on any atom is -0.466 e. The summed E-state index contributed by atoms with van der Waals surface area (Å²) >= 11 is 1.68. The number of hydrogen-bond acceptors (Lipinski definition) is 5. The number of nitrogens with one attached hydrogen (secondary N) is 1. The van der Waals surface area contributed by atoms with Crippen LogP contribution in [0.4, 0.5) is 5.69 Å². The highest BCUT2D eigenvalue weighted by Crippen LogP contribution is 2.39. The average Bonchev–Trinajstić information content (AvgIpc) is 2.81. The summed E-state index contributed by atoms with van der Waals surface area (Å²) in [7, 11) is 1.94. The minimum atomic E-state index is -0.182. The van der Waals surface area contributed by atoms with Crippen LogP contribution in [0.25, 0.3) is 0 Å². The molecule has 1 aromatic rings. The molecule has 22 heavy (non-hydrogen) atoms. The Kier molecular flexibility index (Phi) is 5.53. The second kappa shape index (κ2) is 7.20. The molecule has 0 radical (unpaired) electrons. The largest absolute Gasteiger partial charge is 0.466 e. The molecule has 0 fully saturated rings. The molecule has 2 rings (SSSR count). The van der Waals surface area contributed by atoms with Gasteiger partial charge in [-0.05, 0) is 51.3 Å². The second-order valence-electron chi connectivity index (χ2n) is 5.49. The lowest BCUT2D eigenvalue weighted by Gasteiger charge is -2.31. The molecule has 0 spiro atoms. The fourth-order valence-corrected chi connectivity index (χ4v) is 3.89. The summed E-state index contributed by atoms with van der Waals surface area (Å²) in [6.45, 7) is 8.59. The van der Waals surface area contributed by atoms with Crippen LogP contribution in [-0.4, -0.2) is 25.1 Å². The standard InChI is InChI=1S/C17H24N2O2S/c1-6-21-15(20)9-14-10-22-17(18-5)19(14)16-12(3)7-11(2)8-13(16)4/h7-8,10,17-18H,6,9H2,1-5H3/t17-/m1/s1. The van der Waals surface area contributed by atoms with Crippen molar-refractivity contribution in [3.63, 3.8) is 0 Å². The van der Waals surface area contributed by atoms with E-state index in [1.165, 1.54) is 22.4 Å². The van der Waals surface area contributed by atoms with Gasteiger partial charge in [0.1, 0.15) is 5.50 Å². The molecule has 0 unspecified atom stereocenters. The van der Waals surface area contributed by atoms with Gasteiger partial charge < -0.3 is 9.64 Å². The summed E-state index contributed by atoms with van der Waals surface area (Å²) in [4.78, 5) is 14.1. The highest BCUT2D eigenvalue weighted by Gasteiger charge is 2.30. The van der Waals surface area contributed by atoms with E-state index in [0.29, 0.717) is 13.0 Å². The Hall–Kier alpha value is -1.46. The predicted molar refractivity (Wildman–Crippen MR) is 92.9 cm³/mol. The number of hydrogen-bond donors (Lipinski definition) is 1. The summed E-state index contributed by atoms with van der Waals surface area (Å²) < 4.78 is 5.10. The van der Waals surface area contributed by atoms with Crippen LogP contribution >= 0.6 is 11.8 Å². The van der Waals surface area contributed by atoms with E-state index in [2.05, 4.69) is 48.5 Å². The zero-order valence-corrected chi connectivity index (χ0v) is 14.7. The van der Waals surface area contributed by atoms with Gasteiger partial charge in [0.05, 0.1) is 13.0 Å². The fraction of sp³-hybridized carbons (Fsp3) is 0.471. The predicted octanol–water partition coefficient (Wildman–Crippen LogP) is 3.46. The highest BCUT2D eigenvalue weighted by molar-refractivity contribution is 8.03. The summed E-state index contributed by atoms with van der Waals surface area (Å²) in [5.41, 5.74) is 5.94. The molecule has 0 saturated heterocycles. The van der Waals surface area contributed by atoms with Gasteiger partial charge in [-0.1, -0.05) is 29.5 Å². The quantitative estimate of drug-likeness (QED) is 0.842. The van der Waals surface area contributed by atoms with E-state index in [9.17, 15) is 4.79 Å². The fourth-order valence-electron chi connectivity index (χ4n) is 2.91. The number of esters is 1. The van der Waals surface area contributed by atoms with E-state index in [1.54, 1.807) is 11.8 Å². The molecule has 4 nitrogen and oxygen atoms in total. The topological polar surface area (TPSA) is 41.6 Å². The van der Waals surface area contributed by atoms with Crippen molar-refractivity contribution in [1.29, 1.82) is 0 Å². The summed E-state index contributed by atoms with van der Waals surface area (Å²) in [5.74, 6) is -0.182. The Bertz CT molecular complexity index is 575. The third-order valence-electron chi connectivity index (χ3n) is 3.63. The lowest BCUT2D eigenvalue weighted by atomic mass is 10.0. The smallest absolute Gasteiger partial charge is 0.311 e. The molecule has 1 N–H and O–H groups in total. The molecule has 0 aliphatic carbocycles. The Morgan fingerprint density at radius 1 is 1.32 bits per heavy atom. The number of ether oxygens (including phenoxy) is 1. The Morgan fingerprint density at radius 2 is 1.95 bits per heavy atom. The van der Waals surface area contributed by atoms with Crippen LogP contribution in [0.15, 0.2) is 23.2 Å². The van der Waals surface area contributed by atoms with E-state index in [1.807, 2.05) is 14.0 Å². The average molecular weight is 320 g/mol. The van der Waals surface area contributed by atoms with E-state index in [-0.39, 0.29) is 11.5 Å². The Morgan fingerprint density at radius 3 is 2.50 bits per heavy atom. The number of rotatable bonds is 5. The maximum absolute atomic E-state index is 11.9.